The molecule has 1 aromatic carbocycles. The Labute approximate surface area is 142 Å². The third-order valence-electron chi connectivity index (χ3n) is 3.72. The highest BCUT2D eigenvalue weighted by atomic mass is 16.5. The molecular weight excluding hydrogens is 302 g/mol. The largest absolute Gasteiger partial charge is 0.493 e. The first-order valence-electron chi connectivity index (χ1n) is 7.34. The molecule has 0 radical (unpaired) electrons. The lowest BCUT2D eigenvalue weighted by Gasteiger charge is -2.15. The van der Waals surface area contributed by atoms with Crippen molar-refractivity contribution in [3.63, 3.8) is 0 Å². The molecule has 0 unspecified atom stereocenters. The molecule has 0 spiro atoms. The summed E-state index contributed by atoms with van der Waals surface area (Å²) in [7, 11) is 4.74. The molecule has 0 bridgehead atoms. The van der Waals surface area contributed by atoms with Gasteiger partial charge < -0.3 is 14.2 Å². The summed E-state index contributed by atoms with van der Waals surface area (Å²) in [6.07, 6.45) is 5.20. The van der Waals surface area contributed by atoms with E-state index in [0.717, 1.165) is 28.0 Å². The molecule has 0 amide bonds. The molecule has 0 saturated carbocycles. The van der Waals surface area contributed by atoms with E-state index in [1.54, 1.807) is 39.7 Å². The zero-order chi connectivity index (χ0) is 17.7. The molecule has 0 aliphatic heterocycles. The minimum Gasteiger partial charge on any atom is -0.493 e. The molecule has 4 nitrogen and oxygen atoms in total. The van der Waals surface area contributed by atoms with E-state index in [2.05, 4.69) is 24.7 Å². The monoisotopic (exact) mass is 323 g/mol. The molecule has 0 aliphatic rings. The van der Waals surface area contributed by atoms with E-state index < -0.39 is 0 Å². The van der Waals surface area contributed by atoms with Gasteiger partial charge in [0.15, 0.2) is 11.5 Å². The van der Waals surface area contributed by atoms with E-state index in [1.165, 1.54) is 0 Å². The van der Waals surface area contributed by atoms with Crippen molar-refractivity contribution < 1.29 is 14.2 Å². The van der Waals surface area contributed by atoms with Gasteiger partial charge in [-0.3, -0.25) is 4.98 Å². The maximum atomic E-state index is 5.40. The van der Waals surface area contributed by atoms with Crippen molar-refractivity contribution >= 4 is 17.7 Å². The van der Waals surface area contributed by atoms with Crippen molar-refractivity contribution in [1.82, 2.24) is 4.98 Å². The average Bonchev–Trinajstić information content (AvgIpc) is 2.65. The Morgan fingerprint density at radius 1 is 0.917 bits per heavy atom. The molecule has 0 N–H and O–H groups in total. The Morgan fingerprint density at radius 3 is 2.00 bits per heavy atom. The van der Waals surface area contributed by atoms with Crippen LogP contribution in [0.2, 0.25) is 0 Å². The maximum absolute atomic E-state index is 5.40. The Morgan fingerprint density at radius 2 is 1.54 bits per heavy atom. The van der Waals surface area contributed by atoms with Gasteiger partial charge in [0.2, 0.25) is 5.75 Å². The van der Waals surface area contributed by atoms with Crippen molar-refractivity contribution in [1.29, 1.82) is 0 Å². The van der Waals surface area contributed by atoms with Crippen LogP contribution < -0.4 is 14.2 Å². The predicted molar refractivity (Wildman–Crippen MR) is 98.7 cm³/mol. The number of hydrogen-bond donors (Lipinski definition) is 0. The van der Waals surface area contributed by atoms with Crippen LogP contribution in [0.1, 0.15) is 22.4 Å². The van der Waals surface area contributed by atoms with E-state index >= 15 is 0 Å². The molecule has 24 heavy (non-hydrogen) atoms. The lowest BCUT2D eigenvalue weighted by atomic mass is 9.98. The molecule has 4 heteroatoms. The van der Waals surface area contributed by atoms with Crippen LogP contribution in [-0.2, 0) is 0 Å². The van der Waals surface area contributed by atoms with Gasteiger partial charge in [-0.15, -0.1) is 0 Å². The molecule has 124 valence electrons. The first-order valence-corrected chi connectivity index (χ1v) is 7.34. The van der Waals surface area contributed by atoms with Gasteiger partial charge in [-0.1, -0.05) is 25.8 Å². The highest BCUT2D eigenvalue weighted by Gasteiger charge is 2.15. The Kier molecular flexibility index (Phi) is 5.42. The van der Waals surface area contributed by atoms with Gasteiger partial charge in [0.25, 0.3) is 0 Å². The molecule has 0 aliphatic carbocycles. The van der Waals surface area contributed by atoms with Gasteiger partial charge in [0.05, 0.1) is 27.0 Å². The van der Waals surface area contributed by atoms with Crippen molar-refractivity contribution in [3.05, 3.63) is 66.5 Å². The van der Waals surface area contributed by atoms with Crippen LogP contribution >= 0.6 is 0 Å². The molecular formula is C20H21NO3. The summed E-state index contributed by atoms with van der Waals surface area (Å²) in [4.78, 5) is 4.40. The van der Waals surface area contributed by atoms with E-state index in [9.17, 15) is 0 Å². The number of pyridine rings is 1. The highest BCUT2D eigenvalue weighted by Crippen LogP contribution is 2.40. The van der Waals surface area contributed by atoms with Crippen LogP contribution in [-0.4, -0.2) is 26.3 Å². The summed E-state index contributed by atoms with van der Waals surface area (Å²) in [5.41, 5.74) is 4.21. The van der Waals surface area contributed by atoms with Gasteiger partial charge in [-0.25, -0.2) is 0 Å². The van der Waals surface area contributed by atoms with Crippen LogP contribution in [0.25, 0.3) is 17.7 Å². The first-order chi connectivity index (χ1) is 11.6. The minimum absolute atomic E-state index is 0.545. The molecule has 0 fully saturated rings. The van der Waals surface area contributed by atoms with Crippen LogP contribution in [0.5, 0.6) is 17.2 Å². The molecule has 0 saturated heterocycles. The van der Waals surface area contributed by atoms with Gasteiger partial charge in [-0.2, -0.15) is 0 Å². The molecule has 2 aromatic rings. The van der Waals surface area contributed by atoms with Crippen LogP contribution in [0.3, 0.4) is 0 Å². The number of benzene rings is 1. The average molecular weight is 323 g/mol. The summed E-state index contributed by atoms with van der Waals surface area (Å²) in [6.45, 7) is 11.8. The highest BCUT2D eigenvalue weighted by molar-refractivity contribution is 5.81. The lowest BCUT2D eigenvalue weighted by Crippen LogP contribution is -1.98. The van der Waals surface area contributed by atoms with Gasteiger partial charge in [0, 0.05) is 17.3 Å². The SMILES string of the molecule is C=Cc1cc(C(=C)c2cc(OC)c(OC)c(OC)c2)cnc1C=C. The third kappa shape index (κ3) is 3.18. The third-order valence-corrected chi connectivity index (χ3v) is 3.72. The fourth-order valence-electron chi connectivity index (χ4n) is 2.41. The number of rotatable bonds is 7. The van der Waals surface area contributed by atoms with Gasteiger partial charge >= 0.3 is 0 Å². The van der Waals surface area contributed by atoms with Crippen LogP contribution in [0.15, 0.2) is 44.1 Å². The van der Waals surface area contributed by atoms with E-state index in [-0.39, 0.29) is 0 Å². The normalized spacial score (nSPS) is 9.96. The molecule has 2 rings (SSSR count). The zero-order valence-corrected chi connectivity index (χ0v) is 14.3. The van der Waals surface area contributed by atoms with Crippen molar-refractivity contribution in [2.75, 3.05) is 21.3 Å². The summed E-state index contributed by atoms with van der Waals surface area (Å²) in [6, 6.07) is 5.69. The second-order valence-corrected chi connectivity index (χ2v) is 5.00. The number of ether oxygens (including phenoxy) is 3. The molecule has 1 aromatic heterocycles. The fraction of sp³-hybridized carbons (Fsp3) is 0.150. The second-order valence-electron chi connectivity index (χ2n) is 5.00. The Balaban J connectivity index is 2.53. The Bertz CT molecular complexity index is 768. The summed E-state index contributed by atoms with van der Waals surface area (Å²) < 4.78 is 16.1. The maximum Gasteiger partial charge on any atom is 0.203 e. The predicted octanol–water partition coefficient (Wildman–Crippen LogP) is 4.45. The minimum atomic E-state index is 0.545. The summed E-state index contributed by atoms with van der Waals surface area (Å²) in [5.74, 6) is 1.70. The molecule has 1 heterocycles. The summed E-state index contributed by atoms with van der Waals surface area (Å²) in [5, 5.41) is 0. The summed E-state index contributed by atoms with van der Waals surface area (Å²) >= 11 is 0. The van der Waals surface area contributed by atoms with Crippen molar-refractivity contribution in [3.8, 4) is 17.2 Å². The van der Waals surface area contributed by atoms with Crippen LogP contribution in [0.4, 0.5) is 0 Å². The number of methoxy groups -OCH3 is 3. The number of hydrogen-bond acceptors (Lipinski definition) is 4. The number of aromatic nitrogens is 1. The second kappa shape index (κ2) is 7.51. The topological polar surface area (TPSA) is 40.6 Å². The molecule has 0 atom stereocenters. The standard InChI is InChI=1S/C20H21NO3/c1-7-14-9-16(12-21-17(14)8-2)13(3)15-10-18(22-4)20(24-6)19(11-15)23-5/h7-12H,1-3H2,4-6H3. The van der Waals surface area contributed by atoms with Gasteiger partial charge in [-0.05, 0) is 35.4 Å². The van der Waals surface area contributed by atoms with E-state index in [4.69, 9.17) is 14.2 Å². The van der Waals surface area contributed by atoms with E-state index in [1.807, 2.05) is 18.2 Å². The Hall–Kier alpha value is -3.01. The van der Waals surface area contributed by atoms with Crippen molar-refractivity contribution in [2.45, 2.75) is 0 Å². The first kappa shape index (κ1) is 17.3. The van der Waals surface area contributed by atoms with Crippen molar-refractivity contribution in [2.24, 2.45) is 0 Å². The quantitative estimate of drug-likeness (QED) is 0.754. The number of nitrogens with zero attached hydrogens (tertiary/aromatic N) is 1. The smallest absolute Gasteiger partial charge is 0.203 e. The van der Waals surface area contributed by atoms with Gasteiger partial charge in [0.1, 0.15) is 0 Å². The zero-order valence-electron chi connectivity index (χ0n) is 14.3. The fourth-order valence-corrected chi connectivity index (χ4v) is 2.41. The van der Waals surface area contributed by atoms with E-state index in [0.29, 0.717) is 17.2 Å². The van der Waals surface area contributed by atoms with Crippen LogP contribution in [0, 0.1) is 0 Å². The lowest BCUT2D eigenvalue weighted by molar-refractivity contribution is 0.324.